The topological polar surface area (TPSA) is 34.6 Å². The van der Waals surface area contributed by atoms with Crippen LogP contribution >= 0.6 is 11.3 Å². The van der Waals surface area contributed by atoms with Crippen molar-refractivity contribution in [2.45, 2.75) is 64.0 Å². The molecule has 1 saturated carbocycles. The maximum atomic E-state index is 6.32. The molecule has 1 spiro atoms. The number of aryl methyl sites for hydroxylation is 1. The number of rotatable bonds is 7. The second-order valence-electron chi connectivity index (χ2n) is 8.33. The number of likely N-dealkylation sites (tertiary alicyclic amines) is 1. The average Bonchev–Trinajstić information content (AvgIpc) is 3.36. The van der Waals surface area contributed by atoms with Crippen LogP contribution in [-0.2, 0) is 16.0 Å². The molecule has 1 aliphatic carbocycles. The predicted molar refractivity (Wildman–Crippen MR) is 101 cm³/mol. The Morgan fingerprint density at radius 3 is 2.84 bits per heavy atom. The summed E-state index contributed by atoms with van der Waals surface area (Å²) in [6.07, 6.45) is 8.83. The first kappa shape index (κ1) is 17.9. The highest BCUT2D eigenvalue weighted by molar-refractivity contribution is 7.09. The lowest BCUT2D eigenvalue weighted by atomic mass is 9.78. The third kappa shape index (κ3) is 4.82. The van der Waals surface area contributed by atoms with Gasteiger partial charge in [-0.15, -0.1) is 11.3 Å². The maximum absolute atomic E-state index is 6.32. The van der Waals surface area contributed by atoms with Crippen LogP contribution in [0.4, 0.5) is 0 Å². The van der Waals surface area contributed by atoms with Crippen LogP contribution in [0.5, 0.6) is 0 Å². The minimum absolute atomic E-state index is 0.151. The molecule has 0 radical (unpaired) electrons. The van der Waals surface area contributed by atoms with Crippen LogP contribution in [-0.4, -0.2) is 48.4 Å². The lowest BCUT2D eigenvalue weighted by molar-refractivity contribution is -0.130. The van der Waals surface area contributed by atoms with Gasteiger partial charge < -0.3 is 9.47 Å². The summed E-state index contributed by atoms with van der Waals surface area (Å²) in [7, 11) is 0. The molecule has 1 aromatic heterocycles. The van der Waals surface area contributed by atoms with E-state index in [4.69, 9.17) is 9.47 Å². The Bertz CT molecular complexity index is 550. The van der Waals surface area contributed by atoms with E-state index >= 15 is 0 Å². The molecule has 3 aliphatic rings. The second-order valence-corrected chi connectivity index (χ2v) is 9.27. The van der Waals surface area contributed by atoms with Gasteiger partial charge in [0.2, 0.25) is 0 Å². The zero-order valence-corrected chi connectivity index (χ0v) is 16.4. The standard InChI is InChI=1S/C20H32N2O2S/c1-16-19(25-15-21-16)13-22-8-6-20(7-9-22)12-17(5-11-24-20)4-10-23-14-18-2-3-18/h15,17-18H,2-14H2,1H3. The number of ether oxygens (including phenoxy) is 2. The molecule has 0 aromatic carbocycles. The van der Waals surface area contributed by atoms with Gasteiger partial charge in [0.1, 0.15) is 0 Å². The van der Waals surface area contributed by atoms with Crippen molar-refractivity contribution in [2.75, 3.05) is 32.9 Å². The minimum Gasteiger partial charge on any atom is -0.381 e. The summed E-state index contributed by atoms with van der Waals surface area (Å²) in [6.45, 7) is 8.39. The molecule has 25 heavy (non-hydrogen) atoms. The minimum atomic E-state index is 0.151. The van der Waals surface area contributed by atoms with Crippen LogP contribution in [0.1, 0.15) is 55.5 Å². The van der Waals surface area contributed by atoms with E-state index in [-0.39, 0.29) is 5.60 Å². The number of thiazole rings is 1. The van der Waals surface area contributed by atoms with Crippen molar-refractivity contribution >= 4 is 11.3 Å². The Kier molecular flexibility index (Phi) is 5.75. The second kappa shape index (κ2) is 8.03. The largest absolute Gasteiger partial charge is 0.381 e. The van der Waals surface area contributed by atoms with E-state index in [2.05, 4.69) is 16.8 Å². The quantitative estimate of drug-likeness (QED) is 0.684. The van der Waals surface area contributed by atoms with Crippen LogP contribution in [0.3, 0.4) is 0 Å². The van der Waals surface area contributed by atoms with E-state index in [1.54, 1.807) is 11.3 Å². The van der Waals surface area contributed by atoms with E-state index in [0.29, 0.717) is 0 Å². The van der Waals surface area contributed by atoms with Crippen LogP contribution in [0.25, 0.3) is 0 Å². The molecular weight excluding hydrogens is 332 g/mol. The van der Waals surface area contributed by atoms with Gasteiger partial charge in [0.25, 0.3) is 0 Å². The zero-order chi connectivity index (χ0) is 17.1. The van der Waals surface area contributed by atoms with Crippen LogP contribution in [0.2, 0.25) is 0 Å². The first-order valence-electron chi connectivity index (χ1n) is 10.1. The van der Waals surface area contributed by atoms with Crippen molar-refractivity contribution in [3.63, 3.8) is 0 Å². The van der Waals surface area contributed by atoms with E-state index in [9.17, 15) is 0 Å². The van der Waals surface area contributed by atoms with E-state index in [1.165, 1.54) is 55.5 Å². The molecule has 2 aliphatic heterocycles. The average molecular weight is 365 g/mol. The number of piperidine rings is 1. The molecule has 5 heteroatoms. The van der Waals surface area contributed by atoms with E-state index in [1.807, 2.05) is 5.51 Å². The Labute approximate surface area is 155 Å². The van der Waals surface area contributed by atoms with Crippen LogP contribution < -0.4 is 0 Å². The van der Waals surface area contributed by atoms with Crippen molar-refractivity contribution in [1.29, 1.82) is 0 Å². The summed E-state index contributed by atoms with van der Waals surface area (Å²) >= 11 is 1.79. The Morgan fingerprint density at radius 1 is 1.28 bits per heavy atom. The Morgan fingerprint density at radius 2 is 2.12 bits per heavy atom. The van der Waals surface area contributed by atoms with Gasteiger partial charge >= 0.3 is 0 Å². The van der Waals surface area contributed by atoms with Crippen LogP contribution in [0.15, 0.2) is 5.51 Å². The van der Waals surface area contributed by atoms with Crippen molar-refractivity contribution in [1.82, 2.24) is 9.88 Å². The van der Waals surface area contributed by atoms with Crippen LogP contribution in [0, 0.1) is 18.8 Å². The Hall–Kier alpha value is -0.490. The van der Waals surface area contributed by atoms with Gasteiger partial charge in [0.05, 0.1) is 16.8 Å². The number of hydrogen-bond donors (Lipinski definition) is 0. The number of aromatic nitrogens is 1. The number of hydrogen-bond acceptors (Lipinski definition) is 5. The molecule has 0 N–H and O–H groups in total. The first-order valence-corrected chi connectivity index (χ1v) is 10.9. The maximum Gasteiger partial charge on any atom is 0.0798 e. The molecule has 3 fully saturated rings. The fourth-order valence-electron chi connectivity index (χ4n) is 4.31. The van der Waals surface area contributed by atoms with E-state index in [0.717, 1.165) is 51.3 Å². The molecule has 1 aromatic rings. The van der Waals surface area contributed by atoms with Gasteiger partial charge in [-0.05, 0) is 63.7 Å². The van der Waals surface area contributed by atoms with Crippen molar-refractivity contribution < 1.29 is 9.47 Å². The summed E-state index contributed by atoms with van der Waals surface area (Å²) in [5.74, 6) is 1.68. The van der Waals surface area contributed by atoms with Crippen molar-refractivity contribution in [3.05, 3.63) is 16.1 Å². The first-order chi connectivity index (χ1) is 12.2. The van der Waals surface area contributed by atoms with Gasteiger partial charge in [-0.1, -0.05) is 0 Å². The summed E-state index contributed by atoms with van der Waals surface area (Å²) in [6, 6.07) is 0. The fourth-order valence-corrected chi connectivity index (χ4v) is 5.13. The normalized spacial score (nSPS) is 27.0. The molecular formula is C20H32N2O2S. The smallest absolute Gasteiger partial charge is 0.0798 e. The molecule has 4 rings (SSSR count). The van der Waals surface area contributed by atoms with Gasteiger partial charge in [-0.2, -0.15) is 0 Å². The monoisotopic (exact) mass is 364 g/mol. The van der Waals surface area contributed by atoms with Gasteiger partial charge in [0, 0.05) is 44.3 Å². The summed E-state index contributed by atoms with van der Waals surface area (Å²) < 4.78 is 12.2. The summed E-state index contributed by atoms with van der Waals surface area (Å²) in [5.41, 5.74) is 3.32. The SMILES string of the molecule is Cc1ncsc1CN1CCC2(CC1)CC(CCOCC1CC1)CCO2. The van der Waals surface area contributed by atoms with Gasteiger partial charge in [-0.3, -0.25) is 4.90 Å². The fraction of sp³-hybridized carbons (Fsp3) is 0.850. The molecule has 0 amide bonds. The van der Waals surface area contributed by atoms with Crippen molar-refractivity contribution in [3.8, 4) is 0 Å². The highest BCUT2D eigenvalue weighted by atomic mass is 32.1. The highest BCUT2D eigenvalue weighted by Crippen LogP contribution is 2.39. The highest BCUT2D eigenvalue weighted by Gasteiger charge is 2.40. The number of nitrogens with zero attached hydrogens (tertiary/aromatic N) is 2. The predicted octanol–water partition coefficient (Wildman–Crippen LogP) is 4.03. The Balaban J connectivity index is 1.21. The molecule has 4 nitrogen and oxygen atoms in total. The summed E-state index contributed by atoms with van der Waals surface area (Å²) in [4.78, 5) is 8.38. The zero-order valence-electron chi connectivity index (χ0n) is 15.5. The molecule has 2 saturated heterocycles. The molecule has 0 bridgehead atoms. The molecule has 3 heterocycles. The lowest BCUT2D eigenvalue weighted by Crippen LogP contribution is -2.49. The lowest BCUT2D eigenvalue weighted by Gasteiger charge is -2.46. The summed E-state index contributed by atoms with van der Waals surface area (Å²) in [5, 5.41) is 0. The molecule has 1 unspecified atom stereocenters. The van der Waals surface area contributed by atoms with Gasteiger partial charge in [0.15, 0.2) is 0 Å². The van der Waals surface area contributed by atoms with E-state index < -0.39 is 0 Å². The van der Waals surface area contributed by atoms with Gasteiger partial charge in [-0.25, -0.2) is 4.98 Å². The molecule has 140 valence electrons. The third-order valence-electron chi connectivity index (χ3n) is 6.30. The van der Waals surface area contributed by atoms with Crippen molar-refractivity contribution in [2.24, 2.45) is 11.8 Å². The molecule has 1 atom stereocenters. The third-order valence-corrected chi connectivity index (χ3v) is 7.22.